The molecule has 0 aliphatic carbocycles. The topological polar surface area (TPSA) is 79.2 Å². The van der Waals surface area contributed by atoms with Crippen molar-refractivity contribution in [3.8, 4) is 5.75 Å². The van der Waals surface area contributed by atoms with E-state index in [9.17, 15) is 13.5 Å². The SMILES string of the molecule is CC1N(c2ccc(S(C)(=O)=O)cc2)C(c2ccc(Cl)cc2)=NC1(O)Oc1ccc(Cl)cc1. The molecule has 1 heterocycles. The fourth-order valence-corrected chi connectivity index (χ4v) is 4.32. The van der Waals surface area contributed by atoms with E-state index in [1.807, 2.05) is 0 Å². The molecular formula is C23H20Cl2N2O4S. The normalized spacial score (nSPS) is 20.8. The van der Waals surface area contributed by atoms with Crippen LogP contribution in [0.1, 0.15) is 12.5 Å². The van der Waals surface area contributed by atoms with Gasteiger partial charge < -0.3 is 14.7 Å². The zero-order valence-corrected chi connectivity index (χ0v) is 19.6. The van der Waals surface area contributed by atoms with E-state index >= 15 is 0 Å². The summed E-state index contributed by atoms with van der Waals surface area (Å²) in [4.78, 5) is 6.53. The van der Waals surface area contributed by atoms with Crippen LogP contribution in [0.15, 0.2) is 82.7 Å². The lowest BCUT2D eigenvalue weighted by Crippen LogP contribution is -2.49. The minimum Gasteiger partial charge on any atom is -0.441 e. The second-order valence-corrected chi connectivity index (χ2v) is 10.4. The van der Waals surface area contributed by atoms with Crippen LogP contribution in [0.25, 0.3) is 0 Å². The van der Waals surface area contributed by atoms with Crippen LogP contribution in [0.2, 0.25) is 10.0 Å². The Morgan fingerprint density at radius 1 is 0.938 bits per heavy atom. The summed E-state index contributed by atoms with van der Waals surface area (Å²) in [5.74, 6) is -1.05. The Hall–Kier alpha value is -2.58. The number of aliphatic imine (C=N–C) groups is 1. The van der Waals surface area contributed by atoms with Gasteiger partial charge in [-0.1, -0.05) is 23.2 Å². The smallest absolute Gasteiger partial charge is 0.333 e. The number of hydrogen-bond acceptors (Lipinski definition) is 6. The standard InChI is InChI=1S/C23H20Cl2N2O4S/c1-15-23(28,31-20-11-7-18(25)8-12-20)26-22(16-3-5-17(24)6-4-16)27(15)19-9-13-21(14-10-19)32(2,29)30/h3-15,28H,1-2H3. The number of rotatable bonds is 5. The Morgan fingerprint density at radius 3 is 2.00 bits per heavy atom. The molecular weight excluding hydrogens is 471 g/mol. The van der Waals surface area contributed by atoms with Gasteiger partial charge in [-0.15, -0.1) is 0 Å². The van der Waals surface area contributed by atoms with Gasteiger partial charge in [0.15, 0.2) is 9.84 Å². The maximum Gasteiger partial charge on any atom is 0.333 e. The fourth-order valence-electron chi connectivity index (χ4n) is 3.44. The largest absolute Gasteiger partial charge is 0.441 e. The van der Waals surface area contributed by atoms with Gasteiger partial charge in [0.1, 0.15) is 17.6 Å². The molecule has 2 atom stereocenters. The zero-order chi connectivity index (χ0) is 23.1. The quantitative estimate of drug-likeness (QED) is 0.520. The number of aliphatic hydroxyl groups is 1. The third-order valence-electron chi connectivity index (χ3n) is 5.15. The molecule has 2 unspecified atom stereocenters. The lowest BCUT2D eigenvalue weighted by Gasteiger charge is -2.31. The van der Waals surface area contributed by atoms with Gasteiger partial charge >= 0.3 is 5.91 Å². The molecule has 0 saturated heterocycles. The van der Waals surface area contributed by atoms with Gasteiger partial charge in [0.2, 0.25) is 0 Å². The van der Waals surface area contributed by atoms with Crippen molar-refractivity contribution in [1.29, 1.82) is 0 Å². The van der Waals surface area contributed by atoms with Gasteiger partial charge in [-0.05, 0) is 79.7 Å². The van der Waals surface area contributed by atoms with Crippen molar-refractivity contribution in [3.05, 3.63) is 88.4 Å². The van der Waals surface area contributed by atoms with E-state index in [4.69, 9.17) is 27.9 Å². The first-order valence-corrected chi connectivity index (χ1v) is 12.3. The van der Waals surface area contributed by atoms with E-state index < -0.39 is 21.8 Å². The lowest BCUT2D eigenvalue weighted by atomic mass is 10.1. The molecule has 0 fully saturated rings. The molecule has 1 N–H and O–H groups in total. The lowest BCUT2D eigenvalue weighted by molar-refractivity contribution is -0.135. The number of nitrogens with zero attached hydrogens (tertiary/aromatic N) is 2. The molecule has 0 spiro atoms. The van der Waals surface area contributed by atoms with Crippen LogP contribution in [0.4, 0.5) is 5.69 Å². The van der Waals surface area contributed by atoms with Crippen LogP contribution in [0.3, 0.4) is 0 Å². The Kier molecular flexibility index (Phi) is 5.94. The van der Waals surface area contributed by atoms with Crippen molar-refractivity contribution in [2.45, 2.75) is 23.8 Å². The van der Waals surface area contributed by atoms with Gasteiger partial charge in [0.25, 0.3) is 0 Å². The van der Waals surface area contributed by atoms with Crippen molar-refractivity contribution >= 4 is 44.6 Å². The first kappa shape index (κ1) is 22.6. The monoisotopic (exact) mass is 490 g/mol. The maximum absolute atomic E-state index is 11.9. The Balaban J connectivity index is 1.77. The zero-order valence-electron chi connectivity index (χ0n) is 17.2. The molecule has 0 saturated carbocycles. The summed E-state index contributed by atoms with van der Waals surface area (Å²) in [6.07, 6.45) is 1.15. The molecule has 0 bridgehead atoms. The summed E-state index contributed by atoms with van der Waals surface area (Å²) in [6, 6.07) is 19.4. The van der Waals surface area contributed by atoms with Crippen LogP contribution in [0, 0.1) is 0 Å². The third kappa shape index (κ3) is 4.47. The number of benzene rings is 3. The number of amidine groups is 1. The van der Waals surface area contributed by atoms with Gasteiger partial charge in [0.05, 0.1) is 4.90 Å². The van der Waals surface area contributed by atoms with E-state index in [-0.39, 0.29) is 4.90 Å². The van der Waals surface area contributed by atoms with Crippen molar-refractivity contribution < 1.29 is 18.3 Å². The van der Waals surface area contributed by atoms with E-state index in [1.165, 1.54) is 12.1 Å². The summed E-state index contributed by atoms with van der Waals surface area (Å²) in [7, 11) is -3.34. The Morgan fingerprint density at radius 2 is 1.47 bits per heavy atom. The van der Waals surface area contributed by atoms with Crippen molar-refractivity contribution in [2.24, 2.45) is 4.99 Å². The van der Waals surface area contributed by atoms with Gasteiger partial charge in [0, 0.05) is 27.6 Å². The molecule has 0 amide bonds. The molecule has 0 aromatic heterocycles. The molecule has 6 nitrogen and oxygen atoms in total. The van der Waals surface area contributed by atoms with Gasteiger partial charge in [-0.2, -0.15) is 4.99 Å². The van der Waals surface area contributed by atoms with Crippen LogP contribution in [-0.2, 0) is 9.84 Å². The summed E-state index contributed by atoms with van der Waals surface area (Å²) >= 11 is 12.0. The minimum absolute atomic E-state index is 0.200. The van der Waals surface area contributed by atoms with Gasteiger partial charge in [-0.3, -0.25) is 0 Å². The number of anilines is 1. The molecule has 4 rings (SSSR count). The first-order valence-electron chi connectivity index (χ1n) is 9.69. The summed E-state index contributed by atoms with van der Waals surface area (Å²) in [5.41, 5.74) is 1.36. The van der Waals surface area contributed by atoms with Crippen LogP contribution < -0.4 is 9.64 Å². The highest BCUT2D eigenvalue weighted by Crippen LogP contribution is 2.36. The van der Waals surface area contributed by atoms with E-state index in [0.717, 1.165) is 6.26 Å². The van der Waals surface area contributed by atoms with E-state index in [1.54, 1.807) is 72.5 Å². The average molecular weight is 491 g/mol. The Labute approximate surface area is 196 Å². The van der Waals surface area contributed by atoms with Crippen molar-refractivity contribution in [3.63, 3.8) is 0 Å². The highest BCUT2D eigenvalue weighted by molar-refractivity contribution is 7.90. The molecule has 3 aromatic rings. The Bertz CT molecular complexity index is 1260. The number of sulfone groups is 1. The van der Waals surface area contributed by atoms with Crippen LogP contribution >= 0.6 is 23.2 Å². The summed E-state index contributed by atoms with van der Waals surface area (Å²) in [6.45, 7) is 1.77. The summed E-state index contributed by atoms with van der Waals surface area (Å²) < 4.78 is 29.6. The van der Waals surface area contributed by atoms with Crippen LogP contribution in [0.5, 0.6) is 5.75 Å². The average Bonchev–Trinajstić information content (AvgIpc) is 3.00. The number of hydrogen-bond donors (Lipinski definition) is 1. The molecule has 1 aliphatic rings. The van der Waals surface area contributed by atoms with Crippen molar-refractivity contribution in [2.75, 3.05) is 11.2 Å². The van der Waals surface area contributed by atoms with E-state index in [0.29, 0.717) is 32.9 Å². The predicted octanol–water partition coefficient (Wildman–Crippen LogP) is 4.78. The molecule has 0 radical (unpaired) electrons. The summed E-state index contributed by atoms with van der Waals surface area (Å²) in [5, 5.41) is 12.5. The third-order valence-corrected chi connectivity index (χ3v) is 6.79. The molecule has 32 heavy (non-hydrogen) atoms. The van der Waals surface area contributed by atoms with Crippen molar-refractivity contribution in [1.82, 2.24) is 0 Å². The highest BCUT2D eigenvalue weighted by Gasteiger charge is 2.48. The number of halogens is 2. The maximum atomic E-state index is 11.9. The molecule has 3 aromatic carbocycles. The minimum atomic E-state index is -3.34. The van der Waals surface area contributed by atoms with Gasteiger partial charge in [-0.25, -0.2) is 8.42 Å². The second-order valence-electron chi connectivity index (χ2n) is 7.47. The first-order chi connectivity index (χ1) is 15.1. The predicted molar refractivity (Wildman–Crippen MR) is 127 cm³/mol. The van der Waals surface area contributed by atoms with Crippen LogP contribution in [-0.4, -0.2) is 37.6 Å². The second kappa shape index (κ2) is 8.41. The molecule has 9 heteroatoms. The number of ether oxygens (including phenoxy) is 1. The molecule has 166 valence electrons. The van der Waals surface area contributed by atoms with E-state index in [2.05, 4.69) is 4.99 Å². The fraction of sp³-hybridized carbons (Fsp3) is 0.174. The molecule has 1 aliphatic heterocycles. The highest BCUT2D eigenvalue weighted by atomic mass is 35.5.